The number of ether oxygens (including phenoxy) is 1. The van der Waals surface area contributed by atoms with Gasteiger partial charge in [-0.15, -0.1) is 0 Å². The number of fused-ring (bicyclic) bond motifs is 1. The zero-order chi connectivity index (χ0) is 20.4. The van der Waals surface area contributed by atoms with Crippen molar-refractivity contribution in [1.82, 2.24) is 4.72 Å². The standard InChI is InChI=1S/C20H22BNO6S/c23-21(24)20(12-15-13-28-19-8-2-1-7-17(15)19)22-29(25,26)16-6-3-5-14(11-16)18-9-4-10-27-18/h1-3,5-8,11,13,18,20,22-24H,4,9-10,12H2/t18?,20-/m0/s1. The van der Waals surface area contributed by atoms with Gasteiger partial charge in [-0.1, -0.05) is 30.3 Å². The van der Waals surface area contributed by atoms with E-state index >= 15 is 0 Å². The second-order valence-electron chi connectivity index (χ2n) is 7.18. The third kappa shape index (κ3) is 4.39. The Balaban J connectivity index is 1.56. The van der Waals surface area contributed by atoms with E-state index in [1.165, 1.54) is 12.3 Å². The maximum absolute atomic E-state index is 12.9. The second kappa shape index (κ2) is 8.29. The Labute approximate surface area is 169 Å². The lowest BCUT2D eigenvalue weighted by molar-refractivity contribution is 0.112. The molecule has 3 aromatic rings. The molecule has 1 fully saturated rings. The molecular weight excluding hydrogens is 393 g/mol. The predicted molar refractivity (Wildman–Crippen MR) is 109 cm³/mol. The van der Waals surface area contributed by atoms with Crippen LogP contribution in [0.15, 0.2) is 64.1 Å². The molecule has 0 saturated carbocycles. The Morgan fingerprint density at radius 1 is 1.17 bits per heavy atom. The van der Waals surface area contributed by atoms with E-state index in [2.05, 4.69) is 4.72 Å². The van der Waals surface area contributed by atoms with Crippen LogP contribution in [0, 0.1) is 0 Å². The highest BCUT2D eigenvalue weighted by Gasteiger charge is 2.31. The number of nitrogens with one attached hydrogen (secondary N) is 1. The van der Waals surface area contributed by atoms with Gasteiger partial charge in [-0.05, 0) is 48.6 Å². The van der Waals surface area contributed by atoms with E-state index < -0.39 is 23.1 Å². The molecule has 0 radical (unpaired) electrons. The first-order valence-electron chi connectivity index (χ1n) is 9.49. The molecule has 2 atom stereocenters. The van der Waals surface area contributed by atoms with E-state index in [4.69, 9.17) is 9.15 Å². The van der Waals surface area contributed by atoms with E-state index in [-0.39, 0.29) is 17.4 Å². The lowest BCUT2D eigenvalue weighted by atomic mass is 9.77. The Kier molecular flexibility index (Phi) is 5.75. The molecule has 1 unspecified atom stereocenters. The van der Waals surface area contributed by atoms with Gasteiger partial charge in [0, 0.05) is 12.0 Å². The van der Waals surface area contributed by atoms with Crippen molar-refractivity contribution in [3.63, 3.8) is 0 Å². The molecule has 2 heterocycles. The molecule has 1 aliphatic heterocycles. The van der Waals surface area contributed by atoms with Crippen LogP contribution in [-0.4, -0.2) is 38.1 Å². The van der Waals surface area contributed by atoms with E-state index in [9.17, 15) is 18.5 Å². The lowest BCUT2D eigenvalue weighted by Crippen LogP contribution is -2.47. The summed E-state index contributed by atoms with van der Waals surface area (Å²) in [5.74, 6) is -1.13. The lowest BCUT2D eigenvalue weighted by Gasteiger charge is -2.18. The number of rotatable bonds is 7. The molecule has 0 amide bonds. The number of benzene rings is 2. The minimum absolute atomic E-state index is 0.0631. The first-order chi connectivity index (χ1) is 13.9. The Hall–Kier alpha value is -2.17. The molecule has 1 aliphatic rings. The van der Waals surface area contributed by atoms with Gasteiger partial charge >= 0.3 is 7.12 Å². The summed E-state index contributed by atoms with van der Waals surface area (Å²) in [6.07, 6.45) is 3.26. The van der Waals surface area contributed by atoms with Gasteiger partial charge in [0.05, 0.1) is 23.2 Å². The third-order valence-corrected chi connectivity index (χ3v) is 6.62. The smallest absolute Gasteiger partial charge is 0.464 e. The molecule has 0 aliphatic carbocycles. The van der Waals surface area contributed by atoms with Crippen LogP contribution in [0.4, 0.5) is 0 Å². The summed E-state index contributed by atoms with van der Waals surface area (Å²) in [6.45, 7) is 0.664. The number of para-hydroxylation sites is 1. The molecule has 1 aromatic heterocycles. The van der Waals surface area contributed by atoms with Crippen LogP contribution < -0.4 is 4.72 Å². The van der Waals surface area contributed by atoms with Gasteiger partial charge in [-0.2, -0.15) is 0 Å². The highest BCUT2D eigenvalue weighted by atomic mass is 32.2. The van der Waals surface area contributed by atoms with Crippen molar-refractivity contribution in [2.45, 2.75) is 36.2 Å². The predicted octanol–water partition coefficient (Wildman–Crippen LogP) is 2.19. The Bertz CT molecular complexity index is 1090. The maximum atomic E-state index is 12.9. The molecule has 29 heavy (non-hydrogen) atoms. The van der Waals surface area contributed by atoms with Gasteiger partial charge in [-0.25, -0.2) is 13.1 Å². The number of sulfonamides is 1. The van der Waals surface area contributed by atoms with E-state index in [1.807, 2.05) is 24.3 Å². The summed E-state index contributed by atoms with van der Waals surface area (Å²) < 4.78 is 39.3. The summed E-state index contributed by atoms with van der Waals surface area (Å²) in [7, 11) is -5.84. The molecule has 1 saturated heterocycles. The highest BCUT2D eigenvalue weighted by Crippen LogP contribution is 2.30. The fraction of sp³-hybridized carbons (Fsp3) is 0.300. The van der Waals surface area contributed by atoms with E-state index in [0.29, 0.717) is 17.8 Å². The molecule has 0 bridgehead atoms. The maximum Gasteiger partial charge on any atom is 0.471 e. The fourth-order valence-electron chi connectivity index (χ4n) is 3.63. The average molecular weight is 415 g/mol. The minimum Gasteiger partial charge on any atom is -0.464 e. The van der Waals surface area contributed by atoms with Crippen LogP contribution in [0.1, 0.15) is 30.1 Å². The van der Waals surface area contributed by atoms with Crippen molar-refractivity contribution >= 4 is 28.1 Å². The van der Waals surface area contributed by atoms with Crippen LogP contribution in [0.2, 0.25) is 0 Å². The largest absolute Gasteiger partial charge is 0.471 e. The summed E-state index contributed by atoms with van der Waals surface area (Å²) in [5.41, 5.74) is 2.14. The first-order valence-corrected chi connectivity index (χ1v) is 11.0. The summed E-state index contributed by atoms with van der Waals surface area (Å²) in [5, 5.41) is 20.4. The van der Waals surface area contributed by atoms with E-state index in [1.54, 1.807) is 18.2 Å². The second-order valence-corrected chi connectivity index (χ2v) is 8.89. The average Bonchev–Trinajstić information content (AvgIpc) is 3.38. The van der Waals surface area contributed by atoms with Crippen molar-refractivity contribution < 1.29 is 27.6 Å². The van der Waals surface area contributed by atoms with Crippen molar-refractivity contribution in [3.05, 3.63) is 65.9 Å². The van der Waals surface area contributed by atoms with Gasteiger partial charge in [0.15, 0.2) is 0 Å². The van der Waals surface area contributed by atoms with Crippen molar-refractivity contribution in [2.75, 3.05) is 6.61 Å². The Morgan fingerprint density at radius 2 is 2.00 bits per heavy atom. The van der Waals surface area contributed by atoms with E-state index in [0.717, 1.165) is 23.8 Å². The van der Waals surface area contributed by atoms with Gasteiger partial charge in [0.2, 0.25) is 10.0 Å². The quantitative estimate of drug-likeness (QED) is 0.511. The van der Waals surface area contributed by atoms with Crippen LogP contribution in [0.5, 0.6) is 0 Å². The molecule has 7 nitrogen and oxygen atoms in total. The number of furan rings is 1. The SMILES string of the molecule is O=S(=O)(N[C@@H](Cc1coc2ccccc12)B(O)O)c1cccc(C2CCCO2)c1. The van der Waals surface area contributed by atoms with Crippen LogP contribution >= 0.6 is 0 Å². The van der Waals surface area contributed by atoms with Crippen molar-refractivity contribution in [2.24, 2.45) is 0 Å². The molecule has 4 rings (SSSR count). The summed E-state index contributed by atoms with van der Waals surface area (Å²) in [6, 6.07) is 13.9. The highest BCUT2D eigenvalue weighted by molar-refractivity contribution is 7.89. The normalized spacial score (nSPS) is 18.2. The first kappa shape index (κ1) is 20.1. The molecule has 2 aromatic carbocycles. The van der Waals surface area contributed by atoms with Crippen LogP contribution in [-0.2, 0) is 21.2 Å². The molecule has 3 N–H and O–H groups in total. The Morgan fingerprint density at radius 3 is 2.76 bits per heavy atom. The van der Waals surface area contributed by atoms with Gasteiger partial charge < -0.3 is 19.2 Å². The number of hydrogen-bond acceptors (Lipinski definition) is 6. The van der Waals surface area contributed by atoms with Crippen LogP contribution in [0.25, 0.3) is 11.0 Å². The molecular formula is C20H22BNO6S. The van der Waals surface area contributed by atoms with Gasteiger partial charge in [-0.3, -0.25) is 0 Å². The van der Waals surface area contributed by atoms with Gasteiger partial charge in [0.25, 0.3) is 0 Å². The third-order valence-electron chi connectivity index (χ3n) is 5.14. The fourth-order valence-corrected chi connectivity index (χ4v) is 4.91. The molecule has 152 valence electrons. The van der Waals surface area contributed by atoms with Crippen LogP contribution in [0.3, 0.4) is 0 Å². The topological polar surface area (TPSA) is 109 Å². The van der Waals surface area contributed by atoms with Gasteiger partial charge in [0.1, 0.15) is 5.58 Å². The van der Waals surface area contributed by atoms with Crippen molar-refractivity contribution in [3.8, 4) is 0 Å². The van der Waals surface area contributed by atoms with Crippen molar-refractivity contribution in [1.29, 1.82) is 0 Å². The summed E-state index contributed by atoms with van der Waals surface area (Å²) in [4.78, 5) is 0.0631. The zero-order valence-electron chi connectivity index (χ0n) is 15.7. The monoisotopic (exact) mass is 415 g/mol. The number of hydrogen-bond donors (Lipinski definition) is 3. The minimum atomic E-state index is -3.97. The molecule has 0 spiro atoms. The molecule has 9 heteroatoms. The summed E-state index contributed by atoms with van der Waals surface area (Å²) >= 11 is 0. The zero-order valence-corrected chi connectivity index (χ0v) is 16.5.